The fraction of sp³-hybridized carbons (Fsp3) is 0.364. The molecule has 52 heavy (non-hydrogen) atoms. The molecule has 0 saturated carbocycles. The number of amides is 2. The van der Waals surface area contributed by atoms with Crippen molar-refractivity contribution >= 4 is 46.9 Å². The number of rotatable bonds is 6. The lowest BCUT2D eigenvalue weighted by Gasteiger charge is -2.26. The Hall–Kier alpha value is -5.16. The zero-order valence-corrected chi connectivity index (χ0v) is 29.5. The third-order valence-corrected chi connectivity index (χ3v) is 8.25. The number of aliphatic carboxylic acids is 1. The molecule has 3 N–H and O–H groups in total. The van der Waals surface area contributed by atoms with Gasteiger partial charge in [0.1, 0.15) is 6.04 Å². The van der Waals surface area contributed by atoms with Crippen LogP contribution in [0.4, 0.5) is 23.7 Å². The third-order valence-electron chi connectivity index (χ3n) is 7.84. The molecule has 3 heterocycles. The molecular weight excluding hydrogens is 732 g/mol. The number of hydrogen-bond acceptors (Lipinski definition) is 9. The van der Waals surface area contributed by atoms with Crippen LogP contribution in [0.25, 0.3) is 16.9 Å². The van der Waals surface area contributed by atoms with Crippen molar-refractivity contribution in [3.8, 4) is 16.9 Å². The molecule has 5 rings (SSSR count). The van der Waals surface area contributed by atoms with Crippen LogP contribution in [-0.4, -0.2) is 85.1 Å². The number of carboxylic acid groups (broad SMARTS) is 1. The summed E-state index contributed by atoms with van der Waals surface area (Å²) in [5.74, 6) is -1.34. The van der Waals surface area contributed by atoms with Gasteiger partial charge in [0.25, 0.3) is 11.5 Å². The highest BCUT2D eigenvalue weighted by atomic mass is 35.5. The molecule has 2 aromatic heterocycles. The number of fused-ring (bicyclic) bond motifs is 2. The minimum absolute atomic E-state index is 0.185. The number of hydrogen-bond donors (Lipinski definition) is 3. The van der Waals surface area contributed by atoms with Crippen LogP contribution in [0, 0.1) is 0 Å². The number of halogens is 5. The summed E-state index contributed by atoms with van der Waals surface area (Å²) in [4.78, 5) is 51.8. The van der Waals surface area contributed by atoms with E-state index in [2.05, 4.69) is 30.7 Å². The maximum atomic E-state index is 13.7. The number of benzene rings is 2. The lowest BCUT2D eigenvalue weighted by molar-refractivity contribution is -0.229. The van der Waals surface area contributed by atoms with Gasteiger partial charge in [0.2, 0.25) is 5.91 Å². The first-order valence-corrected chi connectivity index (χ1v) is 16.7. The summed E-state index contributed by atoms with van der Waals surface area (Å²) in [7, 11) is 0.852. The Kier molecular flexibility index (Phi) is 13.6. The van der Waals surface area contributed by atoms with Crippen molar-refractivity contribution in [2.24, 2.45) is 0 Å². The molecule has 0 aliphatic carbocycles. The van der Waals surface area contributed by atoms with E-state index in [1.54, 1.807) is 36.4 Å². The van der Waals surface area contributed by atoms with Crippen LogP contribution in [0.2, 0.25) is 10.2 Å². The molecule has 278 valence electrons. The van der Waals surface area contributed by atoms with Gasteiger partial charge >= 0.3 is 12.4 Å². The first-order chi connectivity index (χ1) is 24.7. The molecule has 2 amide bonds. The lowest BCUT2D eigenvalue weighted by atomic mass is 9.99. The summed E-state index contributed by atoms with van der Waals surface area (Å²) in [6.45, 7) is 0.573. The molecular formula is C33H35Cl2F3N8O6. The lowest BCUT2D eigenvalue weighted by Crippen LogP contribution is -2.47. The van der Waals surface area contributed by atoms with E-state index in [0.29, 0.717) is 59.9 Å². The molecule has 0 radical (unpaired) electrons. The van der Waals surface area contributed by atoms with Crippen LogP contribution in [0.15, 0.2) is 65.8 Å². The standard InChI is InChI=1S/C31H31Cl2F3N8O4.C2H4O2/c1-48-30(47)43(31(34,35)36)13-11-23-29(46)37-12-4-2-3-8-25(19-6-5-7-21(14-19)39-23)42-18-38-24(16-28(42)45)22-15-20(32)9-10-26(22)44-17-27(33)40-41-44;1-2(3)4/h5-7,9-10,14-18,23,25,39H,2-4,8,11-13H2,1H3,(H,37,46);1H3,(H,3,4)/t23-,25-;/m0./s1. The fourth-order valence-electron chi connectivity index (χ4n) is 5.50. The Labute approximate surface area is 305 Å². The smallest absolute Gasteiger partial charge is 0.481 e. The summed E-state index contributed by atoms with van der Waals surface area (Å²) in [5, 5.41) is 21.6. The van der Waals surface area contributed by atoms with Crippen LogP contribution < -0.4 is 16.2 Å². The number of nitrogens with one attached hydrogen (secondary N) is 2. The van der Waals surface area contributed by atoms with Crippen molar-refractivity contribution in [1.29, 1.82) is 0 Å². The molecule has 0 spiro atoms. The van der Waals surface area contributed by atoms with Crippen molar-refractivity contribution in [1.82, 2.24) is 34.8 Å². The Morgan fingerprint density at radius 3 is 2.50 bits per heavy atom. The number of carbonyl (C=O) groups excluding carboxylic acids is 2. The molecule has 1 aliphatic heterocycles. The van der Waals surface area contributed by atoms with Gasteiger partial charge in [-0.2, -0.15) is 0 Å². The Morgan fingerprint density at radius 2 is 1.85 bits per heavy atom. The molecule has 0 unspecified atom stereocenters. The van der Waals surface area contributed by atoms with E-state index < -0.39 is 42.9 Å². The number of ether oxygens (including phenoxy) is 1. The van der Waals surface area contributed by atoms with Crippen molar-refractivity contribution in [2.75, 3.05) is 25.5 Å². The number of methoxy groups -OCH3 is 1. The molecule has 4 aromatic rings. The SMILES string of the molecule is CC(=O)O.COC(=O)N(CC[C@@H]1Nc2cccc(c2)[C@@H](n2cnc(-c3cc(Cl)ccc3-n3cc(Cl)nn3)cc2=O)CCCCCNC1=O)C(F)(F)F. The molecule has 2 bridgehead atoms. The van der Waals surface area contributed by atoms with E-state index in [-0.39, 0.29) is 22.0 Å². The number of carbonyl (C=O) groups is 3. The van der Waals surface area contributed by atoms with Gasteiger partial charge in [-0.25, -0.2) is 19.4 Å². The van der Waals surface area contributed by atoms with Crippen LogP contribution in [0.3, 0.4) is 0 Å². The van der Waals surface area contributed by atoms with Gasteiger partial charge in [-0.1, -0.05) is 53.4 Å². The van der Waals surface area contributed by atoms with E-state index in [1.165, 1.54) is 27.8 Å². The average Bonchev–Trinajstić information content (AvgIpc) is 3.52. The summed E-state index contributed by atoms with van der Waals surface area (Å²) in [6.07, 6.45) is -1.34. The van der Waals surface area contributed by atoms with E-state index in [4.69, 9.17) is 33.1 Å². The van der Waals surface area contributed by atoms with E-state index in [9.17, 15) is 27.6 Å². The van der Waals surface area contributed by atoms with Crippen LogP contribution in [0.1, 0.15) is 50.6 Å². The second kappa shape index (κ2) is 17.9. The van der Waals surface area contributed by atoms with Crippen molar-refractivity contribution < 1.29 is 37.4 Å². The zero-order valence-electron chi connectivity index (χ0n) is 27.9. The Balaban J connectivity index is 0.00000144. The number of nitrogens with zero attached hydrogens (tertiary/aromatic N) is 6. The van der Waals surface area contributed by atoms with E-state index >= 15 is 0 Å². The second-order valence-corrected chi connectivity index (χ2v) is 12.4. The number of anilines is 1. The van der Waals surface area contributed by atoms with Crippen molar-refractivity contribution in [2.45, 2.75) is 57.4 Å². The molecule has 1 aliphatic rings. The summed E-state index contributed by atoms with van der Waals surface area (Å²) in [6, 6.07) is 11.9. The third kappa shape index (κ3) is 10.7. The zero-order chi connectivity index (χ0) is 38.0. The second-order valence-electron chi connectivity index (χ2n) is 11.5. The summed E-state index contributed by atoms with van der Waals surface area (Å²) in [5.41, 5.74) is 2.29. The van der Waals surface area contributed by atoms with E-state index in [1.807, 2.05) is 6.07 Å². The number of carboxylic acids is 1. The van der Waals surface area contributed by atoms with E-state index in [0.717, 1.165) is 19.6 Å². The van der Waals surface area contributed by atoms with Gasteiger partial charge in [-0.15, -0.1) is 18.3 Å². The topological polar surface area (TPSA) is 174 Å². The average molecular weight is 768 g/mol. The molecule has 0 fully saturated rings. The highest BCUT2D eigenvalue weighted by Crippen LogP contribution is 2.30. The normalized spacial score (nSPS) is 16.4. The monoisotopic (exact) mass is 766 g/mol. The van der Waals surface area contributed by atoms with Crippen molar-refractivity contribution in [3.05, 3.63) is 87.1 Å². The first kappa shape index (κ1) is 39.6. The maximum absolute atomic E-state index is 13.7. The van der Waals surface area contributed by atoms with Crippen LogP contribution in [0.5, 0.6) is 0 Å². The summed E-state index contributed by atoms with van der Waals surface area (Å²) < 4.78 is 47.8. The largest absolute Gasteiger partial charge is 0.489 e. The highest BCUT2D eigenvalue weighted by Gasteiger charge is 2.42. The van der Waals surface area contributed by atoms with Gasteiger partial charge < -0.3 is 20.5 Å². The molecule has 0 saturated heterocycles. The van der Waals surface area contributed by atoms with Gasteiger partial charge in [0, 0.05) is 42.4 Å². The minimum Gasteiger partial charge on any atom is -0.481 e. The van der Waals surface area contributed by atoms with Gasteiger partial charge in [0.05, 0.1) is 37.1 Å². The van der Waals surface area contributed by atoms with Gasteiger partial charge in [-0.05, 0) is 55.2 Å². The molecule has 14 nitrogen and oxygen atoms in total. The first-order valence-electron chi connectivity index (χ1n) is 15.9. The quantitative estimate of drug-likeness (QED) is 0.200. The predicted molar refractivity (Wildman–Crippen MR) is 185 cm³/mol. The van der Waals surface area contributed by atoms with Gasteiger partial charge in [-0.3, -0.25) is 19.0 Å². The van der Waals surface area contributed by atoms with Crippen LogP contribution >= 0.6 is 23.2 Å². The number of aromatic nitrogens is 5. The van der Waals surface area contributed by atoms with Gasteiger partial charge in [0.15, 0.2) is 5.15 Å². The molecule has 2 atom stereocenters. The fourth-order valence-corrected chi connectivity index (χ4v) is 5.80. The summed E-state index contributed by atoms with van der Waals surface area (Å²) >= 11 is 12.3. The Morgan fingerprint density at radius 1 is 1.10 bits per heavy atom. The number of alkyl halides is 3. The predicted octanol–water partition coefficient (Wildman–Crippen LogP) is 5.93. The minimum atomic E-state index is -4.99. The van der Waals surface area contributed by atoms with Crippen molar-refractivity contribution in [3.63, 3.8) is 0 Å². The molecule has 2 aromatic carbocycles. The Bertz CT molecular complexity index is 1940. The molecule has 19 heteroatoms. The highest BCUT2D eigenvalue weighted by molar-refractivity contribution is 6.31. The van der Waals surface area contributed by atoms with Crippen LogP contribution in [-0.2, 0) is 14.3 Å². The maximum Gasteiger partial charge on any atom is 0.489 e.